The number of aromatic nitrogens is 3. The molecule has 0 fully saturated rings. The van der Waals surface area contributed by atoms with Gasteiger partial charge in [-0.15, -0.1) is 5.10 Å². The second-order valence-electron chi connectivity index (χ2n) is 10.8. The van der Waals surface area contributed by atoms with Crippen molar-refractivity contribution in [1.82, 2.24) is 30.9 Å². The van der Waals surface area contributed by atoms with Gasteiger partial charge >= 0.3 is 6.09 Å². The Morgan fingerprint density at radius 1 is 0.884 bits per heavy atom. The first kappa shape index (κ1) is 31.2. The highest BCUT2D eigenvalue weighted by molar-refractivity contribution is 5.92. The summed E-state index contributed by atoms with van der Waals surface area (Å²) < 4.78 is 6.92. The third-order valence-electron chi connectivity index (χ3n) is 6.91. The van der Waals surface area contributed by atoms with Crippen molar-refractivity contribution in [2.75, 3.05) is 6.61 Å². The minimum Gasteiger partial charge on any atom is -0.445 e. The second-order valence-corrected chi connectivity index (χ2v) is 10.8. The molecule has 0 aliphatic heterocycles. The van der Waals surface area contributed by atoms with Crippen LogP contribution in [-0.4, -0.2) is 62.7 Å². The zero-order valence-corrected chi connectivity index (χ0v) is 24.3. The summed E-state index contributed by atoms with van der Waals surface area (Å²) >= 11 is 0. The van der Waals surface area contributed by atoms with Crippen molar-refractivity contribution < 1.29 is 24.2 Å². The highest BCUT2D eigenvalue weighted by Crippen LogP contribution is 2.20. The number of benzene rings is 3. The van der Waals surface area contributed by atoms with Gasteiger partial charge in [0, 0.05) is 12.6 Å². The molecule has 0 spiro atoms. The van der Waals surface area contributed by atoms with Gasteiger partial charge in [-0.25, -0.2) is 4.79 Å². The first-order valence-electron chi connectivity index (χ1n) is 14.3. The van der Waals surface area contributed by atoms with Crippen LogP contribution < -0.4 is 16.0 Å². The topological polar surface area (TPSA) is 147 Å². The predicted molar refractivity (Wildman–Crippen MR) is 162 cm³/mol. The van der Waals surface area contributed by atoms with E-state index in [9.17, 15) is 19.5 Å². The van der Waals surface area contributed by atoms with Gasteiger partial charge in [0.1, 0.15) is 18.7 Å². The summed E-state index contributed by atoms with van der Waals surface area (Å²) in [6, 6.07) is 20.3. The maximum atomic E-state index is 13.8. The number of nitrogens with zero attached hydrogens (tertiary/aromatic N) is 3. The number of nitrogens with one attached hydrogen (secondary N) is 3. The zero-order chi connectivity index (χ0) is 30.6. The molecular weight excluding hydrogens is 548 g/mol. The largest absolute Gasteiger partial charge is 0.445 e. The number of aliphatic hydroxyl groups excluding tert-OH is 1. The van der Waals surface area contributed by atoms with Crippen LogP contribution in [0.25, 0.3) is 10.8 Å². The average Bonchev–Trinajstić information content (AvgIpc) is 3.52. The Morgan fingerprint density at radius 2 is 1.60 bits per heavy atom. The van der Waals surface area contributed by atoms with Gasteiger partial charge in [-0.1, -0.05) is 91.9 Å². The molecule has 4 aromatic rings. The van der Waals surface area contributed by atoms with E-state index in [0.29, 0.717) is 6.42 Å². The molecule has 3 atom stereocenters. The fourth-order valence-electron chi connectivity index (χ4n) is 4.79. The van der Waals surface area contributed by atoms with Gasteiger partial charge in [-0.2, -0.15) is 0 Å². The molecule has 3 amide bonds. The third kappa shape index (κ3) is 9.37. The van der Waals surface area contributed by atoms with Crippen molar-refractivity contribution in [3.8, 4) is 0 Å². The molecule has 0 bridgehead atoms. The average molecular weight is 587 g/mol. The molecule has 0 saturated carbocycles. The quantitative estimate of drug-likeness (QED) is 0.178. The molecule has 1 aromatic heterocycles. The van der Waals surface area contributed by atoms with Crippen molar-refractivity contribution >= 4 is 28.7 Å². The number of rotatable bonds is 14. The first-order valence-corrected chi connectivity index (χ1v) is 14.3. The number of carbonyl (C=O) groups is 3. The molecule has 11 heteroatoms. The van der Waals surface area contributed by atoms with Crippen molar-refractivity contribution in [2.24, 2.45) is 5.92 Å². The Kier molecular flexibility index (Phi) is 11.2. The van der Waals surface area contributed by atoms with E-state index in [1.165, 1.54) is 10.9 Å². The number of hydrogen-bond acceptors (Lipinski definition) is 7. The Bertz CT molecular complexity index is 1470. The third-order valence-corrected chi connectivity index (χ3v) is 6.91. The normalized spacial score (nSPS) is 13.2. The molecule has 0 unspecified atom stereocenters. The number of amides is 3. The van der Waals surface area contributed by atoms with Crippen LogP contribution in [0.1, 0.15) is 31.4 Å². The molecule has 226 valence electrons. The summed E-state index contributed by atoms with van der Waals surface area (Å²) in [6.07, 6.45) is 2.91. The number of aliphatic hydroxyl groups is 1. The SMILES string of the molecule is CC(C)C[C@H](NC(=O)[C@H](Cc1cccc2ccccc12)NC(=O)OCc1ccccc1)C(=O)N[C@H](CO)Cn1ccnn1. The summed E-state index contributed by atoms with van der Waals surface area (Å²) in [4.78, 5) is 40.0. The van der Waals surface area contributed by atoms with E-state index in [4.69, 9.17) is 4.74 Å². The molecular formula is C32H38N6O5. The Balaban J connectivity index is 1.51. The van der Waals surface area contributed by atoms with E-state index >= 15 is 0 Å². The van der Waals surface area contributed by atoms with Gasteiger partial charge in [0.15, 0.2) is 0 Å². The van der Waals surface area contributed by atoms with E-state index in [1.807, 2.05) is 86.6 Å². The molecule has 0 aliphatic rings. The highest BCUT2D eigenvalue weighted by atomic mass is 16.5. The lowest BCUT2D eigenvalue weighted by Crippen LogP contribution is -2.56. The molecule has 43 heavy (non-hydrogen) atoms. The van der Waals surface area contributed by atoms with Crippen LogP contribution in [0.2, 0.25) is 0 Å². The Labute approximate surface area is 250 Å². The van der Waals surface area contributed by atoms with E-state index in [-0.39, 0.29) is 32.1 Å². The molecule has 0 saturated heterocycles. The molecule has 3 aromatic carbocycles. The van der Waals surface area contributed by atoms with E-state index < -0.39 is 36.0 Å². The van der Waals surface area contributed by atoms with Crippen LogP contribution >= 0.6 is 0 Å². The zero-order valence-electron chi connectivity index (χ0n) is 24.3. The molecule has 0 aliphatic carbocycles. The smallest absolute Gasteiger partial charge is 0.408 e. The summed E-state index contributed by atoms with van der Waals surface area (Å²) in [5.74, 6) is -0.904. The molecule has 0 radical (unpaired) electrons. The van der Waals surface area contributed by atoms with Crippen LogP contribution in [-0.2, 0) is 33.9 Å². The van der Waals surface area contributed by atoms with Crippen molar-refractivity contribution in [2.45, 2.75) is 58.0 Å². The van der Waals surface area contributed by atoms with Gasteiger partial charge in [-0.05, 0) is 34.2 Å². The number of ether oxygens (including phenoxy) is 1. The lowest BCUT2D eigenvalue weighted by Gasteiger charge is -2.26. The van der Waals surface area contributed by atoms with Crippen LogP contribution in [0.5, 0.6) is 0 Å². The number of hydrogen-bond donors (Lipinski definition) is 4. The van der Waals surface area contributed by atoms with Gasteiger partial charge in [-0.3, -0.25) is 14.3 Å². The Hall–Kier alpha value is -4.77. The lowest BCUT2D eigenvalue weighted by atomic mass is 9.97. The monoisotopic (exact) mass is 586 g/mol. The Morgan fingerprint density at radius 3 is 2.33 bits per heavy atom. The predicted octanol–water partition coefficient (Wildman–Crippen LogP) is 2.98. The van der Waals surface area contributed by atoms with Crippen molar-refractivity contribution in [1.29, 1.82) is 0 Å². The molecule has 1 heterocycles. The number of carbonyl (C=O) groups excluding carboxylic acids is 3. The van der Waals surface area contributed by atoms with Gasteiger partial charge < -0.3 is 25.8 Å². The van der Waals surface area contributed by atoms with E-state index in [1.54, 1.807) is 6.20 Å². The number of fused-ring (bicyclic) bond motifs is 1. The van der Waals surface area contributed by atoms with Crippen LogP contribution in [0, 0.1) is 5.92 Å². The van der Waals surface area contributed by atoms with Gasteiger partial charge in [0.25, 0.3) is 0 Å². The van der Waals surface area contributed by atoms with Crippen molar-refractivity contribution in [3.63, 3.8) is 0 Å². The van der Waals surface area contributed by atoms with Crippen molar-refractivity contribution in [3.05, 3.63) is 96.3 Å². The maximum absolute atomic E-state index is 13.8. The lowest BCUT2D eigenvalue weighted by molar-refractivity contribution is -0.131. The van der Waals surface area contributed by atoms with E-state index in [0.717, 1.165) is 21.9 Å². The highest BCUT2D eigenvalue weighted by Gasteiger charge is 2.29. The molecule has 11 nitrogen and oxygen atoms in total. The van der Waals surface area contributed by atoms with Crippen LogP contribution in [0.4, 0.5) is 4.79 Å². The van der Waals surface area contributed by atoms with Gasteiger partial charge in [0.2, 0.25) is 11.8 Å². The molecule has 4 rings (SSSR count). The van der Waals surface area contributed by atoms with Crippen LogP contribution in [0.15, 0.2) is 85.2 Å². The maximum Gasteiger partial charge on any atom is 0.408 e. The summed E-state index contributed by atoms with van der Waals surface area (Å²) in [5.41, 5.74) is 1.67. The number of alkyl carbamates (subject to hydrolysis) is 1. The summed E-state index contributed by atoms with van der Waals surface area (Å²) in [6.45, 7) is 3.81. The fraction of sp³-hybridized carbons (Fsp3) is 0.344. The van der Waals surface area contributed by atoms with Gasteiger partial charge in [0.05, 0.1) is 25.4 Å². The standard InChI is InChI=1S/C32H38N6O5/c1-22(2)17-28(30(40)34-26(20-39)19-38-16-15-33-37-38)35-31(41)29(36-32(42)43-21-23-9-4-3-5-10-23)18-25-13-8-12-24-11-6-7-14-27(24)25/h3-16,22,26,28-29,39H,17-21H2,1-2H3,(H,34,40)(H,35,41)(H,36,42)/t26-,28-,29-/m0/s1. The summed E-state index contributed by atoms with van der Waals surface area (Å²) in [5, 5.41) is 27.8. The fourth-order valence-corrected chi connectivity index (χ4v) is 4.79. The van der Waals surface area contributed by atoms with E-state index in [2.05, 4.69) is 26.3 Å². The minimum absolute atomic E-state index is 0.0436. The van der Waals surface area contributed by atoms with Crippen LogP contribution in [0.3, 0.4) is 0 Å². The second kappa shape index (κ2) is 15.5. The molecule has 4 N–H and O–H groups in total. The first-order chi connectivity index (χ1) is 20.8. The summed E-state index contributed by atoms with van der Waals surface area (Å²) in [7, 11) is 0. The minimum atomic E-state index is -1.03.